The first kappa shape index (κ1) is 15.6. The molecule has 22 heavy (non-hydrogen) atoms. The van der Waals surface area contributed by atoms with Crippen molar-refractivity contribution in [1.82, 2.24) is 5.32 Å². The maximum Gasteiger partial charge on any atom is 0.323 e. The van der Waals surface area contributed by atoms with Crippen LogP contribution in [0.5, 0.6) is 0 Å². The number of hydrogen-bond acceptors (Lipinski definition) is 1. The van der Waals surface area contributed by atoms with Crippen molar-refractivity contribution < 1.29 is 22.4 Å². The molecule has 0 saturated carbocycles. The summed E-state index contributed by atoms with van der Waals surface area (Å²) in [5, 5.41) is 4.28. The first-order chi connectivity index (χ1) is 10.5. The number of benzene rings is 2. The van der Waals surface area contributed by atoms with Gasteiger partial charge in [-0.05, 0) is 35.9 Å². The number of anilines is 1. The van der Waals surface area contributed by atoms with Gasteiger partial charge < -0.3 is 10.6 Å². The van der Waals surface area contributed by atoms with Crippen molar-refractivity contribution in [1.29, 1.82) is 0 Å². The Balaban J connectivity index is 1.96. The third kappa shape index (κ3) is 3.85. The monoisotopic (exact) mass is 310 g/mol. The summed E-state index contributed by atoms with van der Waals surface area (Å²) >= 11 is 0. The summed E-state index contributed by atoms with van der Waals surface area (Å²) in [6.45, 7) is 0. The number of carbonyl (C=O) groups is 1. The van der Waals surface area contributed by atoms with Crippen LogP contribution in [0.15, 0.2) is 42.6 Å². The van der Waals surface area contributed by atoms with E-state index in [0.717, 1.165) is 6.07 Å². The molecule has 114 valence electrons. The number of nitrogens with one attached hydrogen (secondary N) is 2. The second kappa shape index (κ2) is 6.75. The van der Waals surface area contributed by atoms with E-state index < -0.39 is 35.0 Å². The number of rotatable bonds is 3. The second-order valence-electron chi connectivity index (χ2n) is 4.21. The van der Waals surface area contributed by atoms with Crippen LogP contribution in [0.2, 0.25) is 0 Å². The molecule has 7 heteroatoms. The van der Waals surface area contributed by atoms with Crippen molar-refractivity contribution in [2.75, 3.05) is 5.32 Å². The molecule has 0 unspecified atom stereocenters. The van der Waals surface area contributed by atoms with Gasteiger partial charge in [-0.3, -0.25) is 0 Å². The maximum atomic E-state index is 13.3. The van der Waals surface area contributed by atoms with E-state index in [1.54, 1.807) is 0 Å². The van der Waals surface area contributed by atoms with Gasteiger partial charge in [-0.1, -0.05) is 12.1 Å². The third-order valence-electron chi connectivity index (χ3n) is 2.64. The summed E-state index contributed by atoms with van der Waals surface area (Å²) in [6.07, 6.45) is 2.71. The fourth-order valence-electron chi connectivity index (χ4n) is 1.57. The highest BCUT2D eigenvalue weighted by Crippen LogP contribution is 2.19. The minimum Gasteiger partial charge on any atom is -0.314 e. The minimum atomic E-state index is -1.67. The highest BCUT2D eigenvalue weighted by atomic mass is 19.2. The Hall–Kier alpha value is -2.83. The van der Waals surface area contributed by atoms with Crippen LogP contribution in [-0.4, -0.2) is 6.03 Å². The molecule has 0 atom stereocenters. The largest absolute Gasteiger partial charge is 0.323 e. The van der Waals surface area contributed by atoms with Gasteiger partial charge in [0.1, 0.15) is 5.82 Å². The van der Waals surface area contributed by atoms with E-state index in [1.165, 1.54) is 36.5 Å². The molecule has 0 aliphatic rings. The third-order valence-corrected chi connectivity index (χ3v) is 2.64. The molecule has 0 aliphatic heterocycles. The molecule has 0 saturated heterocycles. The van der Waals surface area contributed by atoms with Crippen molar-refractivity contribution in [3.8, 4) is 0 Å². The zero-order valence-electron chi connectivity index (χ0n) is 11.0. The number of hydrogen-bond donors (Lipinski definition) is 2. The highest BCUT2D eigenvalue weighted by molar-refractivity contribution is 5.90. The van der Waals surface area contributed by atoms with Crippen LogP contribution in [0.4, 0.5) is 28.0 Å². The molecule has 2 aromatic carbocycles. The molecule has 0 heterocycles. The average molecular weight is 310 g/mol. The Morgan fingerprint density at radius 1 is 0.909 bits per heavy atom. The lowest BCUT2D eigenvalue weighted by Crippen LogP contribution is -2.24. The number of amides is 2. The normalized spacial score (nSPS) is 10.7. The van der Waals surface area contributed by atoms with Crippen molar-refractivity contribution in [3.05, 3.63) is 71.4 Å². The van der Waals surface area contributed by atoms with Crippen LogP contribution in [0, 0.1) is 23.3 Å². The predicted octanol–water partition coefficient (Wildman–Crippen LogP) is 4.04. The first-order valence-electron chi connectivity index (χ1n) is 6.10. The molecule has 0 bridgehead atoms. The molecule has 2 aromatic rings. The van der Waals surface area contributed by atoms with Gasteiger partial charge in [-0.2, -0.15) is 0 Å². The molecule has 2 rings (SSSR count). The average Bonchev–Trinajstić information content (AvgIpc) is 2.50. The molecule has 0 spiro atoms. The van der Waals surface area contributed by atoms with Crippen LogP contribution in [0.3, 0.4) is 0 Å². The minimum absolute atomic E-state index is 0.392. The van der Waals surface area contributed by atoms with Crippen LogP contribution in [0.1, 0.15) is 5.56 Å². The summed E-state index contributed by atoms with van der Waals surface area (Å²) in [7, 11) is 0. The predicted molar refractivity (Wildman–Crippen MR) is 73.9 cm³/mol. The van der Waals surface area contributed by atoms with Gasteiger partial charge in [0.05, 0.1) is 5.69 Å². The maximum absolute atomic E-state index is 13.3. The van der Waals surface area contributed by atoms with Crippen LogP contribution in [-0.2, 0) is 0 Å². The Labute approximate surface area is 123 Å². The zero-order valence-corrected chi connectivity index (χ0v) is 11.0. The van der Waals surface area contributed by atoms with Crippen LogP contribution < -0.4 is 10.6 Å². The molecule has 0 fully saturated rings. The molecule has 3 nitrogen and oxygen atoms in total. The Morgan fingerprint density at radius 3 is 2.27 bits per heavy atom. The summed E-state index contributed by atoms with van der Waals surface area (Å²) in [5.41, 5.74) is 0.132. The van der Waals surface area contributed by atoms with Crippen LogP contribution >= 0.6 is 0 Å². The van der Waals surface area contributed by atoms with E-state index in [2.05, 4.69) is 5.32 Å². The van der Waals surface area contributed by atoms with Gasteiger partial charge in [0, 0.05) is 6.20 Å². The van der Waals surface area contributed by atoms with E-state index in [0.29, 0.717) is 11.6 Å². The van der Waals surface area contributed by atoms with Crippen molar-refractivity contribution in [2.45, 2.75) is 0 Å². The SMILES string of the molecule is O=C(N/C=C/c1ccc(F)cc1)Nc1ccc(F)c(F)c1F. The molecular weight excluding hydrogens is 300 g/mol. The molecule has 0 aliphatic carbocycles. The van der Waals surface area contributed by atoms with Gasteiger partial charge in [-0.25, -0.2) is 22.4 Å². The summed E-state index contributed by atoms with van der Waals surface area (Å²) in [6, 6.07) is 6.22. The molecule has 2 N–H and O–H groups in total. The number of urea groups is 1. The quantitative estimate of drug-likeness (QED) is 0.652. The highest BCUT2D eigenvalue weighted by Gasteiger charge is 2.14. The first-order valence-corrected chi connectivity index (χ1v) is 6.10. The van der Waals surface area contributed by atoms with Crippen molar-refractivity contribution in [2.24, 2.45) is 0 Å². The second-order valence-corrected chi connectivity index (χ2v) is 4.21. The molecular formula is C15H10F4N2O. The summed E-state index contributed by atoms with van der Waals surface area (Å²) in [4.78, 5) is 11.5. The van der Waals surface area contributed by atoms with Gasteiger partial charge in [0.2, 0.25) is 0 Å². The smallest absolute Gasteiger partial charge is 0.314 e. The fraction of sp³-hybridized carbons (Fsp3) is 0. The summed E-state index contributed by atoms with van der Waals surface area (Å²) < 4.78 is 51.7. The number of halogens is 4. The Kier molecular flexibility index (Phi) is 4.77. The van der Waals surface area contributed by atoms with Crippen molar-refractivity contribution in [3.63, 3.8) is 0 Å². The van der Waals surface area contributed by atoms with E-state index in [1.807, 2.05) is 5.32 Å². The fourth-order valence-corrected chi connectivity index (χ4v) is 1.57. The van der Waals surface area contributed by atoms with E-state index in [4.69, 9.17) is 0 Å². The summed E-state index contributed by atoms with van der Waals surface area (Å²) in [5.74, 6) is -4.89. The van der Waals surface area contributed by atoms with Gasteiger partial charge in [0.25, 0.3) is 0 Å². The molecule has 2 amide bonds. The zero-order chi connectivity index (χ0) is 16.1. The van der Waals surface area contributed by atoms with Gasteiger partial charge in [-0.15, -0.1) is 0 Å². The topological polar surface area (TPSA) is 41.1 Å². The van der Waals surface area contributed by atoms with Gasteiger partial charge >= 0.3 is 6.03 Å². The van der Waals surface area contributed by atoms with Crippen LogP contribution in [0.25, 0.3) is 6.08 Å². The standard InChI is InChI=1S/C15H10F4N2O/c16-10-3-1-9(2-4-10)7-8-20-15(22)21-12-6-5-11(17)13(18)14(12)19/h1-8H,(H2,20,21,22)/b8-7+. The van der Waals surface area contributed by atoms with E-state index in [9.17, 15) is 22.4 Å². The Bertz CT molecular complexity index is 714. The molecule has 0 aromatic heterocycles. The lowest BCUT2D eigenvalue weighted by atomic mass is 10.2. The van der Waals surface area contributed by atoms with E-state index in [-0.39, 0.29) is 0 Å². The molecule has 0 radical (unpaired) electrons. The lowest BCUT2D eigenvalue weighted by Gasteiger charge is -2.06. The number of carbonyl (C=O) groups excluding carboxylic acids is 1. The lowest BCUT2D eigenvalue weighted by molar-refractivity contribution is 0.255. The van der Waals surface area contributed by atoms with E-state index >= 15 is 0 Å². The van der Waals surface area contributed by atoms with Gasteiger partial charge in [0.15, 0.2) is 17.5 Å². The van der Waals surface area contributed by atoms with Crippen molar-refractivity contribution >= 4 is 17.8 Å². The Morgan fingerprint density at radius 2 is 1.59 bits per heavy atom.